The average Bonchev–Trinajstić information content (AvgIpc) is 3.31. The maximum Gasteiger partial charge on any atom is 0.338 e. The van der Waals surface area contributed by atoms with Gasteiger partial charge in [0.2, 0.25) is 0 Å². The molecule has 2 aromatic carbocycles. The van der Waals surface area contributed by atoms with Gasteiger partial charge in [-0.15, -0.1) is 11.3 Å². The van der Waals surface area contributed by atoms with Crippen LogP contribution in [-0.2, 0) is 14.8 Å². The fourth-order valence-corrected chi connectivity index (χ4v) is 4.65. The molecule has 31 heavy (non-hydrogen) atoms. The maximum atomic E-state index is 12.5. The number of ether oxygens (including phenoxy) is 1. The van der Waals surface area contributed by atoms with E-state index in [2.05, 4.69) is 10.0 Å². The van der Waals surface area contributed by atoms with Crippen LogP contribution in [0.25, 0.3) is 0 Å². The van der Waals surface area contributed by atoms with E-state index in [0.29, 0.717) is 29.1 Å². The number of benzene rings is 2. The van der Waals surface area contributed by atoms with Crippen molar-refractivity contribution in [2.75, 3.05) is 16.6 Å². The van der Waals surface area contributed by atoms with Crippen molar-refractivity contribution in [2.45, 2.75) is 24.0 Å². The molecule has 0 aliphatic carbocycles. The molecular formula is C22H22N2O5S2. The highest BCUT2D eigenvalue weighted by atomic mass is 32.2. The molecule has 1 amide bonds. The van der Waals surface area contributed by atoms with E-state index in [4.69, 9.17) is 4.74 Å². The summed E-state index contributed by atoms with van der Waals surface area (Å²) in [6.45, 7) is 2.40. The van der Waals surface area contributed by atoms with Crippen molar-refractivity contribution in [3.63, 3.8) is 0 Å². The molecule has 0 saturated carbocycles. The first-order chi connectivity index (χ1) is 14.9. The number of carbonyl (C=O) groups is 2. The molecule has 2 N–H and O–H groups in total. The predicted octanol–water partition coefficient (Wildman–Crippen LogP) is 4.76. The third-order valence-electron chi connectivity index (χ3n) is 4.27. The standard InChI is InChI=1S/C22H22N2O5S2/c1-2-3-14-29-22(26)17-8-10-18(11-9-17)23-21(25)16-6-12-19(13-7-16)24-31(27,28)20-5-4-15-30-20/h4-13,15,24H,2-3,14H2,1H3,(H,23,25). The van der Waals surface area contributed by atoms with Crippen molar-refractivity contribution in [1.29, 1.82) is 0 Å². The average molecular weight is 459 g/mol. The van der Waals surface area contributed by atoms with Crippen molar-refractivity contribution in [3.05, 3.63) is 77.2 Å². The highest BCUT2D eigenvalue weighted by Crippen LogP contribution is 2.21. The second kappa shape index (κ2) is 10.2. The van der Waals surface area contributed by atoms with Gasteiger partial charge in [0.1, 0.15) is 4.21 Å². The van der Waals surface area contributed by atoms with E-state index in [0.717, 1.165) is 24.2 Å². The van der Waals surface area contributed by atoms with Crippen LogP contribution < -0.4 is 10.0 Å². The molecule has 0 unspecified atom stereocenters. The fourth-order valence-electron chi connectivity index (χ4n) is 2.60. The number of hydrogen-bond donors (Lipinski definition) is 2. The van der Waals surface area contributed by atoms with Gasteiger partial charge in [-0.1, -0.05) is 19.4 Å². The van der Waals surface area contributed by atoms with Gasteiger partial charge < -0.3 is 10.1 Å². The van der Waals surface area contributed by atoms with Crippen molar-refractivity contribution in [3.8, 4) is 0 Å². The minimum Gasteiger partial charge on any atom is -0.462 e. The van der Waals surface area contributed by atoms with Crippen molar-refractivity contribution in [1.82, 2.24) is 0 Å². The van der Waals surface area contributed by atoms with Crippen LogP contribution in [0.3, 0.4) is 0 Å². The molecule has 0 atom stereocenters. The number of nitrogens with one attached hydrogen (secondary N) is 2. The van der Waals surface area contributed by atoms with Gasteiger partial charge in [0.05, 0.1) is 12.2 Å². The Labute approximate surface area is 185 Å². The summed E-state index contributed by atoms with van der Waals surface area (Å²) >= 11 is 1.12. The SMILES string of the molecule is CCCCOC(=O)c1ccc(NC(=O)c2ccc(NS(=O)(=O)c3cccs3)cc2)cc1. The number of esters is 1. The first-order valence-electron chi connectivity index (χ1n) is 9.64. The largest absolute Gasteiger partial charge is 0.462 e. The minimum absolute atomic E-state index is 0.215. The van der Waals surface area contributed by atoms with E-state index in [-0.39, 0.29) is 10.1 Å². The van der Waals surface area contributed by atoms with Crippen LogP contribution >= 0.6 is 11.3 Å². The summed E-state index contributed by atoms with van der Waals surface area (Å²) in [5, 5.41) is 4.42. The lowest BCUT2D eigenvalue weighted by Crippen LogP contribution is -2.13. The molecule has 1 heterocycles. The zero-order valence-electron chi connectivity index (χ0n) is 16.8. The maximum absolute atomic E-state index is 12.5. The Morgan fingerprint density at radius 3 is 2.19 bits per heavy atom. The number of sulfonamides is 1. The molecule has 0 fully saturated rings. The lowest BCUT2D eigenvalue weighted by atomic mass is 10.1. The molecule has 1 aromatic heterocycles. The third kappa shape index (κ3) is 6.16. The summed E-state index contributed by atoms with van der Waals surface area (Å²) in [7, 11) is -3.64. The lowest BCUT2D eigenvalue weighted by Gasteiger charge is -2.09. The Balaban J connectivity index is 1.59. The Morgan fingerprint density at radius 1 is 0.935 bits per heavy atom. The van der Waals surface area contributed by atoms with Gasteiger partial charge in [0.25, 0.3) is 15.9 Å². The molecule has 0 aliphatic heterocycles. The molecule has 0 spiro atoms. The minimum atomic E-state index is -3.64. The second-order valence-corrected chi connectivity index (χ2v) is 9.49. The molecule has 0 bridgehead atoms. The molecule has 9 heteroatoms. The van der Waals surface area contributed by atoms with Crippen LogP contribution in [0.15, 0.2) is 70.3 Å². The number of unbranched alkanes of at least 4 members (excludes halogenated alkanes) is 1. The number of carbonyl (C=O) groups excluding carboxylic acids is 2. The van der Waals surface area contributed by atoms with Gasteiger partial charge >= 0.3 is 5.97 Å². The normalized spacial score (nSPS) is 11.0. The number of thiophene rings is 1. The number of amides is 1. The summed E-state index contributed by atoms with van der Waals surface area (Å²) in [4.78, 5) is 24.4. The second-order valence-electron chi connectivity index (χ2n) is 6.64. The number of rotatable bonds is 9. The molecule has 3 aromatic rings. The molecule has 3 rings (SSSR count). The van der Waals surface area contributed by atoms with Crippen LogP contribution in [0.4, 0.5) is 11.4 Å². The van der Waals surface area contributed by atoms with E-state index >= 15 is 0 Å². The third-order valence-corrected chi connectivity index (χ3v) is 7.05. The highest BCUT2D eigenvalue weighted by molar-refractivity contribution is 7.94. The van der Waals surface area contributed by atoms with E-state index in [1.165, 1.54) is 30.3 Å². The summed E-state index contributed by atoms with van der Waals surface area (Å²) < 4.78 is 32.4. The van der Waals surface area contributed by atoms with E-state index < -0.39 is 16.0 Å². The highest BCUT2D eigenvalue weighted by Gasteiger charge is 2.15. The predicted molar refractivity (Wildman–Crippen MR) is 121 cm³/mol. The first kappa shape index (κ1) is 22.5. The van der Waals surface area contributed by atoms with Crippen LogP contribution in [0.2, 0.25) is 0 Å². The molecule has 162 valence electrons. The Hall–Kier alpha value is -3.17. The molecule has 7 nitrogen and oxygen atoms in total. The van der Waals surface area contributed by atoms with Crippen LogP contribution in [0, 0.1) is 0 Å². The van der Waals surface area contributed by atoms with Crippen LogP contribution in [0.1, 0.15) is 40.5 Å². The van der Waals surface area contributed by atoms with Crippen molar-refractivity contribution < 1.29 is 22.7 Å². The topological polar surface area (TPSA) is 102 Å². The monoisotopic (exact) mass is 458 g/mol. The van der Waals surface area contributed by atoms with Gasteiger partial charge in [-0.25, -0.2) is 13.2 Å². The molecule has 0 aliphatic rings. The van der Waals surface area contributed by atoms with Gasteiger partial charge in [-0.05, 0) is 66.4 Å². The Kier molecular flexibility index (Phi) is 7.43. The lowest BCUT2D eigenvalue weighted by molar-refractivity contribution is 0.0499. The quantitative estimate of drug-likeness (QED) is 0.356. The van der Waals surface area contributed by atoms with Crippen molar-refractivity contribution >= 4 is 44.6 Å². The van der Waals surface area contributed by atoms with Gasteiger partial charge in [-0.2, -0.15) is 0 Å². The smallest absolute Gasteiger partial charge is 0.338 e. The summed E-state index contributed by atoms with van der Waals surface area (Å²) in [6, 6.07) is 15.7. The zero-order chi connectivity index (χ0) is 22.3. The van der Waals surface area contributed by atoms with Crippen LogP contribution in [-0.4, -0.2) is 26.9 Å². The molecular weight excluding hydrogens is 436 g/mol. The molecule has 0 radical (unpaired) electrons. The first-order valence-corrected chi connectivity index (χ1v) is 12.0. The summed E-state index contributed by atoms with van der Waals surface area (Å²) in [5.41, 5.74) is 1.66. The molecule has 0 saturated heterocycles. The van der Waals surface area contributed by atoms with Crippen LogP contribution in [0.5, 0.6) is 0 Å². The zero-order valence-corrected chi connectivity index (χ0v) is 18.5. The van der Waals surface area contributed by atoms with Gasteiger partial charge in [0.15, 0.2) is 0 Å². The fraction of sp³-hybridized carbons (Fsp3) is 0.182. The van der Waals surface area contributed by atoms with E-state index in [1.807, 2.05) is 6.92 Å². The Bertz CT molecular complexity index is 1120. The Morgan fingerprint density at radius 2 is 1.58 bits per heavy atom. The summed E-state index contributed by atoms with van der Waals surface area (Å²) in [5.74, 6) is -0.752. The number of anilines is 2. The summed E-state index contributed by atoms with van der Waals surface area (Å²) in [6.07, 6.45) is 1.76. The van der Waals surface area contributed by atoms with E-state index in [9.17, 15) is 18.0 Å². The number of hydrogen-bond acceptors (Lipinski definition) is 6. The van der Waals surface area contributed by atoms with Gasteiger partial charge in [0, 0.05) is 16.9 Å². The van der Waals surface area contributed by atoms with Crippen molar-refractivity contribution in [2.24, 2.45) is 0 Å². The van der Waals surface area contributed by atoms with E-state index in [1.54, 1.807) is 35.7 Å². The van der Waals surface area contributed by atoms with Gasteiger partial charge in [-0.3, -0.25) is 9.52 Å².